The largest absolute Gasteiger partial charge is 0.375 e. The summed E-state index contributed by atoms with van der Waals surface area (Å²) in [7, 11) is 0. The topological polar surface area (TPSA) is 38.3 Å². The zero-order valence-corrected chi connectivity index (χ0v) is 14.1. The number of rotatable bonds is 7. The van der Waals surface area contributed by atoms with Crippen LogP contribution in [0.2, 0.25) is 0 Å². The molecule has 0 unspecified atom stereocenters. The van der Waals surface area contributed by atoms with Crippen molar-refractivity contribution in [2.45, 2.75) is 53.1 Å². The van der Waals surface area contributed by atoms with Crippen molar-refractivity contribution in [3.05, 3.63) is 22.4 Å². The Kier molecular flexibility index (Phi) is 6.21. The third kappa shape index (κ3) is 7.06. The molecule has 4 heteroatoms. The minimum absolute atomic E-state index is 0.00508. The molecule has 1 amide bonds. The molecule has 0 bridgehead atoms. The molecular formula is C16H27NO2S. The van der Waals surface area contributed by atoms with Crippen molar-refractivity contribution >= 4 is 17.2 Å². The molecule has 0 aliphatic heterocycles. The fourth-order valence-corrected chi connectivity index (χ4v) is 2.32. The summed E-state index contributed by atoms with van der Waals surface area (Å²) in [5.74, 6) is 0.00508. The van der Waals surface area contributed by atoms with Crippen LogP contribution in [-0.4, -0.2) is 24.7 Å². The van der Waals surface area contributed by atoms with Gasteiger partial charge in [-0.15, -0.1) is 11.3 Å². The van der Waals surface area contributed by atoms with Crippen LogP contribution in [0.25, 0.3) is 0 Å². The number of amides is 1. The zero-order valence-electron chi connectivity index (χ0n) is 13.3. The Morgan fingerprint density at radius 3 is 2.50 bits per heavy atom. The van der Waals surface area contributed by atoms with Crippen LogP contribution in [0.15, 0.2) is 17.5 Å². The van der Waals surface area contributed by atoms with E-state index in [2.05, 4.69) is 39.9 Å². The van der Waals surface area contributed by atoms with E-state index in [1.807, 2.05) is 17.5 Å². The summed E-state index contributed by atoms with van der Waals surface area (Å²) in [4.78, 5) is 12.6. The molecule has 1 aromatic rings. The molecule has 0 atom stereocenters. The summed E-state index contributed by atoms with van der Waals surface area (Å²) >= 11 is 1.46. The van der Waals surface area contributed by atoms with Crippen molar-refractivity contribution < 1.29 is 9.53 Å². The van der Waals surface area contributed by atoms with Crippen LogP contribution >= 0.6 is 11.3 Å². The first-order chi connectivity index (χ1) is 9.20. The molecule has 1 aromatic heterocycles. The van der Waals surface area contributed by atoms with Crippen LogP contribution in [0.5, 0.6) is 0 Å². The van der Waals surface area contributed by atoms with Gasteiger partial charge in [0, 0.05) is 13.2 Å². The van der Waals surface area contributed by atoms with Crippen molar-refractivity contribution in [3.63, 3.8) is 0 Å². The van der Waals surface area contributed by atoms with Gasteiger partial charge in [-0.1, -0.05) is 26.8 Å². The Balaban J connectivity index is 2.24. The second-order valence-electron chi connectivity index (χ2n) is 6.90. The minimum atomic E-state index is -0.200. The molecular weight excluding hydrogens is 270 g/mol. The first kappa shape index (κ1) is 17.2. The smallest absolute Gasteiger partial charge is 0.261 e. The fourth-order valence-electron chi connectivity index (χ4n) is 1.68. The molecule has 0 fully saturated rings. The highest BCUT2D eigenvalue weighted by Crippen LogP contribution is 2.21. The van der Waals surface area contributed by atoms with Crippen molar-refractivity contribution in [3.8, 4) is 0 Å². The van der Waals surface area contributed by atoms with Crippen LogP contribution < -0.4 is 5.32 Å². The van der Waals surface area contributed by atoms with E-state index in [1.54, 1.807) is 0 Å². The maximum atomic E-state index is 11.8. The first-order valence-electron chi connectivity index (χ1n) is 7.15. The van der Waals surface area contributed by atoms with Gasteiger partial charge in [-0.05, 0) is 43.6 Å². The Morgan fingerprint density at radius 1 is 1.25 bits per heavy atom. The van der Waals surface area contributed by atoms with E-state index in [9.17, 15) is 4.79 Å². The molecule has 1 N–H and O–H groups in total. The molecule has 0 spiro atoms. The summed E-state index contributed by atoms with van der Waals surface area (Å²) in [6, 6.07) is 3.73. The van der Waals surface area contributed by atoms with Gasteiger partial charge >= 0.3 is 0 Å². The van der Waals surface area contributed by atoms with Gasteiger partial charge in [0.05, 0.1) is 10.5 Å². The van der Waals surface area contributed by atoms with Crippen molar-refractivity contribution in [1.82, 2.24) is 5.32 Å². The minimum Gasteiger partial charge on any atom is -0.375 e. The van der Waals surface area contributed by atoms with Gasteiger partial charge in [0.15, 0.2) is 0 Å². The van der Waals surface area contributed by atoms with Gasteiger partial charge in [-0.2, -0.15) is 0 Å². The number of hydrogen-bond donors (Lipinski definition) is 1. The quantitative estimate of drug-likeness (QED) is 0.823. The Hall–Kier alpha value is -0.870. The predicted octanol–water partition coefficient (Wildman–Crippen LogP) is 4.10. The average molecular weight is 297 g/mol. The van der Waals surface area contributed by atoms with Gasteiger partial charge in [-0.25, -0.2) is 0 Å². The Labute approximate surface area is 126 Å². The molecule has 0 saturated heterocycles. The maximum Gasteiger partial charge on any atom is 0.261 e. The summed E-state index contributed by atoms with van der Waals surface area (Å²) in [5, 5.41) is 4.85. The predicted molar refractivity (Wildman–Crippen MR) is 85.4 cm³/mol. The molecule has 1 rings (SSSR count). The number of hydrogen-bond acceptors (Lipinski definition) is 3. The lowest BCUT2D eigenvalue weighted by Crippen LogP contribution is -2.33. The highest BCUT2D eigenvalue weighted by Gasteiger charge is 2.20. The number of ether oxygens (including phenoxy) is 1. The van der Waals surface area contributed by atoms with Crippen LogP contribution in [0, 0.1) is 5.41 Å². The van der Waals surface area contributed by atoms with Crippen molar-refractivity contribution in [1.29, 1.82) is 0 Å². The molecule has 0 saturated carbocycles. The van der Waals surface area contributed by atoms with Crippen LogP contribution in [-0.2, 0) is 4.74 Å². The summed E-state index contributed by atoms with van der Waals surface area (Å²) < 4.78 is 5.93. The van der Waals surface area contributed by atoms with E-state index in [0.29, 0.717) is 12.0 Å². The van der Waals surface area contributed by atoms with Gasteiger partial charge < -0.3 is 10.1 Å². The van der Waals surface area contributed by atoms with Gasteiger partial charge in [-0.3, -0.25) is 4.79 Å². The second kappa shape index (κ2) is 7.23. The third-order valence-corrected chi connectivity index (χ3v) is 3.97. The van der Waals surface area contributed by atoms with Crippen LogP contribution in [0.1, 0.15) is 57.1 Å². The monoisotopic (exact) mass is 297 g/mol. The van der Waals surface area contributed by atoms with Crippen LogP contribution in [0.4, 0.5) is 0 Å². The zero-order chi connectivity index (χ0) is 15.2. The molecule has 3 nitrogen and oxygen atoms in total. The maximum absolute atomic E-state index is 11.8. The normalized spacial score (nSPS) is 12.4. The summed E-state index contributed by atoms with van der Waals surface area (Å²) in [6.45, 7) is 12.2. The average Bonchev–Trinajstić information content (AvgIpc) is 2.79. The van der Waals surface area contributed by atoms with E-state index in [1.165, 1.54) is 11.3 Å². The molecule has 114 valence electrons. The molecule has 1 heterocycles. The Bertz CT molecular complexity index is 405. The number of nitrogens with one attached hydrogen (secondary N) is 1. The van der Waals surface area contributed by atoms with Gasteiger partial charge in [0.25, 0.3) is 5.91 Å². The first-order valence-corrected chi connectivity index (χ1v) is 8.03. The molecule has 0 aliphatic rings. The van der Waals surface area contributed by atoms with Gasteiger partial charge in [0.2, 0.25) is 0 Å². The molecule has 0 radical (unpaired) electrons. The molecule has 0 aliphatic carbocycles. The third-order valence-electron chi connectivity index (χ3n) is 3.10. The summed E-state index contributed by atoms with van der Waals surface area (Å²) in [5.41, 5.74) is 0.0947. The SMILES string of the molecule is CC(C)(C)CCOC(C)(C)CCNC(=O)c1cccs1. The number of carbonyl (C=O) groups is 1. The molecule has 20 heavy (non-hydrogen) atoms. The lowest BCUT2D eigenvalue weighted by Gasteiger charge is -2.27. The van der Waals surface area contributed by atoms with E-state index in [4.69, 9.17) is 4.74 Å². The molecule has 0 aromatic carbocycles. The highest BCUT2D eigenvalue weighted by atomic mass is 32.1. The lowest BCUT2D eigenvalue weighted by molar-refractivity contribution is -0.0321. The fraction of sp³-hybridized carbons (Fsp3) is 0.688. The highest BCUT2D eigenvalue weighted by molar-refractivity contribution is 7.12. The van der Waals surface area contributed by atoms with Gasteiger partial charge in [0.1, 0.15) is 0 Å². The van der Waals surface area contributed by atoms with E-state index < -0.39 is 0 Å². The number of carbonyl (C=O) groups excluding carboxylic acids is 1. The second-order valence-corrected chi connectivity index (χ2v) is 7.85. The van der Waals surface area contributed by atoms with Crippen molar-refractivity contribution in [2.75, 3.05) is 13.2 Å². The van der Waals surface area contributed by atoms with E-state index in [-0.39, 0.29) is 11.5 Å². The summed E-state index contributed by atoms with van der Waals surface area (Å²) in [6.07, 6.45) is 1.85. The number of thiophene rings is 1. The lowest BCUT2D eigenvalue weighted by atomic mass is 9.93. The van der Waals surface area contributed by atoms with Crippen LogP contribution in [0.3, 0.4) is 0 Å². The standard InChI is InChI=1S/C16H27NO2S/c1-15(2,3)9-11-19-16(4,5)8-10-17-14(18)13-7-6-12-20-13/h6-7,12H,8-11H2,1-5H3,(H,17,18). The van der Waals surface area contributed by atoms with E-state index >= 15 is 0 Å². The Morgan fingerprint density at radius 2 is 1.95 bits per heavy atom. The van der Waals surface area contributed by atoms with Crippen molar-refractivity contribution in [2.24, 2.45) is 5.41 Å². The van der Waals surface area contributed by atoms with E-state index in [0.717, 1.165) is 24.3 Å².